The molecule has 0 aromatic heterocycles. The maximum Gasteiger partial charge on any atom is 0.335 e. The fourth-order valence-corrected chi connectivity index (χ4v) is 7.79. The number of nitrogens with one attached hydrogen (secondary N) is 1. The van der Waals surface area contributed by atoms with Gasteiger partial charge in [-0.3, -0.25) is 14.4 Å². The number of amides is 3. The molecular formula is C36H43N3O5. The molecule has 5 rings (SSSR count). The highest BCUT2D eigenvalue weighted by atomic mass is 16.4. The lowest BCUT2D eigenvalue weighted by atomic mass is 9.58. The lowest BCUT2D eigenvalue weighted by molar-refractivity contribution is -0.144. The number of carbonyl (C=O) groups excluding carboxylic acids is 3. The molecule has 2 heterocycles. The van der Waals surface area contributed by atoms with Gasteiger partial charge in [0, 0.05) is 43.9 Å². The molecule has 0 spiro atoms. The Morgan fingerprint density at radius 2 is 1.52 bits per heavy atom. The third-order valence-electron chi connectivity index (χ3n) is 9.99. The van der Waals surface area contributed by atoms with Crippen LogP contribution in [0.1, 0.15) is 75.4 Å². The fourth-order valence-electron chi connectivity index (χ4n) is 7.79. The lowest BCUT2D eigenvalue weighted by Gasteiger charge is -2.52. The first-order chi connectivity index (χ1) is 20.8. The molecule has 0 saturated carbocycles. The number of carboxylic acid groups (broad SMARTS) is 1. The van der Waals surface area contributed by atoms with E-state index in [1.807, 2.05) is 47.4 Å². The Balaban J connectivity index is 1.39. The van der Waals surface area contributed by atoms with Crippen LogP contribution >= 0.6 is 0 Å². The smallest absolute Gasteiger partial charge is 0.335 e. The van der Waals surface area contributed by atoms with E-state index in [0.717, 1.165) is 17.5 Å². The van der Waals surface area contributed by atoms with Gasteiger partial charge in [0.1, 0.15) is 6.04 Å². The Morgan fingerprint density at radius 1 is 0.886 bits per heavy atom. The van der Waals surface area contributed by atoms with E-state index in [1.54, 1.807) is 24.0 Å². The highest BCUT2D eigenvalue weighted by Gasteiger charge is 2.51. The summed E-state index contributed by atoms with van der Waals surface area (Å²) in [6.45, 7) is 11.7. The molecule has 3 aliphatic rings. The molecule has 1 saturated heterocycles. The zero-order chi connectivity index (χ0) is 31.9. The number of carboxylic acids is 1. The van der Waals surface area contributed by atoms with E-state index in [4.69, 9.17) is 0 Å². The monoisotopic (exact) mass is 597 g/mol. The maximum atomic E-state index is 14.7. The van der Waals surface area contributed by atoms with Crippen LogP contribution in [0.4, 0.5) is 0 Å². The third-order valence-corrected chi connectivity index (χ3v) is 9.99. The normalized spacial score (nSPS) is 23.0. The third kappa shape index (κ3) is 5.58. The molecule has 1 aliphatic carbocycles. The standard InChI is InChI=1S/C36H43N3O5/c1-24(37-25(2)40)31(41)38-21-18-36(19-22-38,28-9-7-6-8-10-28)33(44)39-20-16-30-34(3,4)29(15-17-35(30,5)23-39)26-11-13-27(14-12-26)32(42)43/h6-16,24H,17-23H2,1-5H3,(H,37,40)(H,42,43)/t24?,35-/m1/s1. The van der Waals surface area contributed by atoms with Gasteiger partial charge in [-0.2, -0.15) is 0 Å². The Labute approximate surface area is 259 Å². The predicted molar refractivity (Wildman–Crippen MR) is 170 cm³/mol. The Bertz CT molecular complexity index is 1520. The molecule has 0 bridgehead atoms. The molecule has 8 nitrogen and oxygen atoms in total. The van der Waals surface area contributed by atoms with Crippen molar-refractivity contribution in [1.29, 1.82) is 0 Å². The van der Waals surface area contributed by atoms with Gasteiger partial charge in [0.25, 0.3) is 0 Å². The summed E-state index contributed by atoms with van der Waals surface area (Å²) < 4.78 is 0. The SMILES string of the molecule is CC(=O)NC(C)C(=O)N1CCC(C(=O)N2CC=C3C(C)(C)C(c4ccc(C(=O)O)cc4)=CC[C@]3(C)C2)(c2ccccc2)CC1. The number of piperidine rings is 1. The average molecular weight is 598 g/mol. The summed E-state index contributed by atoms with van der Waals surface area (Å²) in [6, 6.07) is 16.4. The Hall–Kier alpha value is -4.20. The fraction of sp³-hybridized carbons (Fsp3) is 0.444. The van der Waals surface area contributed by atoms with Gasteiger partial charge in [0.05, 0.1) is 11.0 Å². The van der Waals surface area contributed by atoms with E-state index in [1.165, 1.54) is 18.1 Å². The molecule has 44 heavy (non-hydrogen) atoms. The van der Waals surface area contributed by atoms with Crippen LogP contribution in [0.25, 0.3) is 5.57 Å². The molecule has 232 valence electrons. The predicted octanol–water partition coefficient (Wildman–Crippen LogP) is 5.06. The van der Waals surface area contributed by atoms with Gasteiger partial charge in [0.15, 0.2) is 0 Å². The van der Waals surface area contributed by atoms with Crippen molar-refractivity contribution in [1.82, 2.24) is 15.1 Å². The maximum absolute atomic E-state index is 14.7. The molecule has 1 unspecified atom stereocenters. The summed E-state index contributed by atoms with van der Waals surface area (Å²) >= 11 is 0. The lowest BCUT2D eigenvalue weighted by Crippen LogP contribution is -2.58. The van der Waals surface area contributed by atoms with E-state index < -0.39 is 17.4 Å². The summed E-state index contributed by atoms with van der Waals surface area (Å²) in [6.07, 6.45) is 6.28. The summed E-state index contributed by atoms with van der Waals surface area (Å²) in [5.74, 6) is -1.21. The molecule has 0 radical (unpaired) electrons. The van der Waals surface area contributed by atoms with Crippen molar-refractivity contribution in [3.8, 4) is 0 Å². The molecule has 3 amide bonds. The molecule has 2 aliphatic heterocycles. The summed E-state index contributed by atoms with van der Waals surface area (Å²) in [7, 11) is 0. The van der Waals surface area contributed by atoms with Crippen LogP contribution in [0.3, 0.4) is 0 Å². The first kappa shape index (κ1) is 31.2. The van der Waals surface area contributed by atoms with Crippen LogP contribution in [-0.2, 0) is 19.8 Å². The Morgan fingerprint density at radius 3 is 2.11 bits per heavy atom. The average Bonchev–Trinajstić information content (AvgIpc) is 3.00. The van der Waals surface area contributed by atoms with Crippen LogP contribution in [-0.4, -0.2) is 70.8 Å². The van der Waals surface area contributed by atoms with Crippen molar-refractivity contribution < 1.29 is 24.3 Å². The topological polar surface area (TPSA) is 107 Å². The van der Waals surface area contributed by atoms with Crippen molar-refractivity contribution in [3.63, 3.8) is 0 Å². The number of hydrogen-bond donors (Lipinski definition) is 2. The van der Waals surface area contributed by atoms with Crippen LogP contribution < -0.4 is 5.32 Å². The number of allylic oxidation sites excluding steroid dienone is 2. The summed E-state index contributed by atoms with van der Waals surface area (Å²) in [5, 5.41) is 12.0. The van der Waals surface area contributed by atoms with Crippen LogP contribution in [0.15, 0.2) is 72.3 Å². The van der Waals surface area contributed by atoms with Gasteiger partial charge in [0.2, 0.25) is 17.7 Å². The zero-order valence-corrected chi connectivity index (χ0v) is 26.4. The van der Waals surface area contributed by atoms with Crippen molar-refractivity contribution >= 4 is 29.3 Å². The number of carbonyl (C=O) groups is 4. The van der Waals surface area contributed by atoms with Crippen LogP contribution in [0.5, 0.6) is 0 Å². The number of likely N-dealkylation sites (tertiary alicyclic amines) is 1. The van der Waals surface area contributed by atoms with Gasteiger partial charge in [-0.1, -0.05) is 81.0 Å². The summed E-state index contributed by atoms with van der Waals surface area (Å²) in [5.41, 5.74) is 3.45. The van der Waals surface area contributed by atoms with Crippen molar-refractivity contribution in [2.45, 2.75) is 65.3 Å². The molecule has 1 fully saturated rings. The van der Waals surface area contributed by atoms with Crippen molar-refractivity contribution in [3.05, 3.63) is 89.0 Å². The van der Waals surface area contributed by atoms with E-state index in [-0.39, 0.29) is 34.1 Å². The largest absolute Gasteiger partial charge is 0.478 e. The second kappa shape index (κ2) is 11.7. The molecule has 2 aromatic carbocycles. The molecule has 2 aromatic rings. The second-order valence-corrected chi connectivity index (χ2v) is 13.4. The minimum Gasteiger partial charge on any atom is -0.478 e. The highest BCUT2D eigenvalue weighted by molar-refractivity contribution is 5.91. The molecular weight excluding hydrogens is 554 g/mol. The number of nitrogens with zero attached hydrogens (tertiary/aromatic N) is 2. The first-order valence-corrected chi connectivity index (χ1v) is 15.4. The van der Waals surface area contributed by atoms with Gasteiger partial charge >= 0.3 is 5.97 Å². The highest BCUT2D eigenvalue weighted by Crippen LogP contribution is 2.55. The van der Waals surface area contributed by atoms with Gasteiger partial charge in [-0.15, -0.1) is 0 Å². The number of hydrogen-bond acceptors (Lipinski definition) is 4. The number of benzene rings is 2. The van der Waals surface area contributed by atoms with Crippen molar-refractivity contribution in [2.75, 3.05) is 26.2 Å². The quantitative estimate of drug-likeness (QED) is 0.453. The van der Waals surface area contributed by atoms with E-state index in [0.29, 0.717) is 39.0 Å². The molecule has 2 N–H and O–H groups in total. The first-order valence-electron chi connectivity index (χ1n) is 15.4. The number of rotatable bonds is 6. The van der Waals surface area contributed by atoms with Gasteiger partial charge in [-0.05, 0) is 55.0 Å². The van der Waals surface area contributed by atoms with E-state index >= 15 is 0 Å². The number of fused-ring (bicyclic) bond motifs is 1. The van der Waals surface area contributed by atoms with Gasteiger partial charge in [-0.25, -0.2) is 4.79 Å². The second-order valence-electron chi connectivity index (χ2n) is 13.4. The van der Waals surface area contributed by atoms with Crippen LogP contribution in [0.2, 0.25) is 0 Å². The molecule has 2 atom stereocenters. The van der Waals surface area contributed by atoms with E-state index in [2.05, 4.69) is 38.2 Å². The van der Waals surface area contributed by atoms with Crippen molar-refractivity contribution in [2.24, 2.45) is 10.8 Å². The minimum absolute atomic E-state index is 0.0964. The zero-order valence-electron chi connectivity index (χ0n) is 26.4. The van der Waals surface area contributed by atoms with Crippen LogP contribution in [0, 0.1) is 10.8 Å². The summed E-state index contributed by atoms with van der Waals surface area (Å²) in [4.78, 5) is 54.4. The Kier molecular flexibility index (Phi) is 8.31. The van der Waals surface area contributed by atoms with Gasteiger partial charge < -0.3 is 20.2 Å². The van der Waals surface area contributed by atoms with E-state index in [9.17, 15) is 24.3 Å². The molecule has 8 heteroatoms. The minimum atomic E-state index is -0.939. The number of aromatic carboxylic acids is 1.